The van der Waals surface area contributed by atoms with Crippen molar-refractivity contribution in [1.29, 1.82) is 0 Å². The number of hydrogen-bond donors (Lipinski definition) is 1. The van der Waals surface area contributed by atoms with Crippen LogP contribution in [0.1, 0.15) is 37.6 Å². The largest absolute Gasteiger partial charge is 0.754 e. The average molecular weight is 397 g/mol. The molecule has 11 heteroatoms. The van der Waals surface area contributed by atoms with E-state index < -0.39 is 9.85 Å². The Balaban J connectivity index is 0.00000364. The maximum absolute atomic E-state index is 11.3. The van der Waals surface area contributed by atoms with Crippen molar-refractivity contribution in [3.05, 3.63) is 49.8 Å². The molecule has 0 aliphatic rings. The Morgan fingerprint density at radius 2 is 1.93 bits per heavy atom. The number of ether oxygens (including phenoxy) is 1. The predicted octanol–water partition coefficient (Wildman–Crippen LogP) is 3.91. The molecule has 0 saturated carbocycles. The van der Waals surface area contributed by atoms with Gasteiger partial charge in [0.15, 0.2) is 5.75 Å². The maximum atomic E-state index is 11.3. The van der Waals surface area contributed by atoms with E-state index in [0.29, 0.717) is 18.0 Å². The molecule has 0 saturated heterocycles. The van der Waals surface area contributed by atoms with Crippen LogP contribution in [0.5, 0.6) is 5.75 Å². The number of hydrogen-bond acceptors (Lipinski definition) is 7. The molecule has 0 bridgehead atoms. The third-order valence-corrected chi connectivity index (χ3v) is 4.24. The molecular weight excluding hydrogens is 374 g/mol. The smallest absolute Gasteiger partial charge is 0.362 e. The highest BCUT2D eigenvalue weighted by Gasteiger charge is 2.20. The van der Waals surface area contributed by atoms with Gasteiger partial charge in [0.1, 0.15) is 0 Å². The average Bonchev–Trinajstić information content (AvgIpc) is 2.87. The van der Waals surface area contributed by atoms with E-state index >= 15 is 0 Å². The van der Waals surface area contributed by atoms with Gasteiger partial charge in [0.2, 0.25) is 5.82 Å². The summed E-state index contributed by atoms with van der Waals surface area (Å²) in [7, 11) is 0. The fourth-order valence-electron chi connectivity index (χ4n) is 2.48. The van der Waals surface area contributed by atoms with Gasteiger partial charge in [-0.1, -0.05) is 25.8 Å². The molecule has 10 nitrogen and oxygen atoms in total. The minimum atomic E-state index is -0.637. The zero-order chi connectivity index (χ0) is 19.3. The molecule has 0 radical (unpaired) electrons. The molecule has 27 heavy (non-hydrogen) atoms. The highest BCUT2D eigenvalue weighted by atomic mass is 32.1. The maximum Gasteiger partial charge on any atom is 0.362 e. The first-order valence-electron chi connectivity index (χ1n) is 8.13. The number of nitro benzene ring substituents is 1. The Bertz CT molecular complexity index is 824. The van der Waals surface area contributed by atoms with Gasteiger partial charge in [-0.15, -0.1) is 0 Å². The molecular formula is C16H23N5O5S. The van der Waals surface area contributed by atoms with E-state index in [2.05, 4.69) is 11.9 Å². The number of unbranched alkanes of at least 4 members (excludes halogenated alkanes) is 2. The number of quaternary nitrogens is 1. The molecule has 148 valence electrons. The molecule has 4 N–H and O–H groups in total. The van der Waals surface area contributed by atoms with Gasteiger partial charge in [0.25, 0.3) is 0 Å². The number of aromatic nitrogens is 2. The zero-order valence-corrected chi connectivity index (χ0v) is 16.3. The second-order valence-electron chi connectivity index (χ2n) is 5.75. The fourth-order valence-corrected chi connectivity index (χ4v) is 2.79. The minimum absolute atomic E-state index is 0. The quantitative estimate of drug-likeness (QED) is 0.291. The molecule has 0 amide bonds. The normalized spacial score (nSPS) is 10.3. The lowest BCUT2D eigenvalue weighted by Crippen LogP contribution is -2.06. The van der Waals surface area contributed by atoms with Crippen LogP contribution in [0.4, 0.5) is 11.5 Å². The number of imidazole rings is 1. The van der Waals surface area contributed by atoms with Crippen molar-refractivity contribution in [2.45, 2.75) is 44.7 Å². The SMILES string of the molecule is CCCCCOc1ccc(Cn2c(C)nc([N+](=O)[O-])c2[S-])cc1[N+](=O)[O-].[NH4+]. The summed E-state index contributed by atoms with van der Waals surface area (Å²) in [6.45, 7) is 4.23. The monoisotopic (exact) mass is 397 g/mol. The van der Waals surface area contributed by atoms with Gasteiger partial charge < -0.3 is 38.2 Å². The second-order valence-corrected chi connectivity index (χ2v) is 6.13. The first kappa shape index (κ1) is 22.3. The Kier molecular flexibility index (Phi) is 8.06. The fraction of sp³-hybridized carbons (Fsp3) is 0.438. The van der Waals surface area contributed by atoms with Gasteiger partial charge in [-0.25, -0.2) is 0 Å². The van der Waals surface area contributed by atoms with Crippen molar-refractivity contribution >= 4 is 24.1 Å². The number of rotatable bonds is 9. The summed E-state index contributed by atoms with van der Waals surface area (Å²) in [6, 6.07) is 4.63. The van der Waals surface area contributed by atoms with Crippen molar-refractivity contribution in [2.24, 2.45) is 0 Å². The van der Waals surface area contributed by atoms with Crippen LogP contribution in [0.15, 0.2) is 23.2 Å². The van der Waals surface area contributed by atoms with Crippen molar-refractivity contribution in [2.75, 3.05) is 6.61 Å². The molecule has 1 aromatic heterocycles. The van der Waals surface area contributed by atoms with E-state index in [0.717, 1.165) is 19.3 Å². The lowest BCUT2D eigenvalue weighted by molar-refractivity contribution is -0.392. The Morgan fingerprint density at radius 1 is 1.22 bits per heavy atom. The highest BCUT2D eigenvalue weighted by molar-refractivity contribution is 7.58. The summed E-state index contributed by atoms with van der Waals surface area (Å²) >= 11 is 5.08. The van der Waals surface area contributed by atoms with E-state index in [9.17, 15) is 20.2 Å². The number of benzene rings is 1. The van der Waals surface area contributed by atoms with Crippen LogP contribution >= 0.6 is 0 Å². The number of nitrogens with zero attached hydrogens (tertiary/aromatic N) is 4. The first-order chi connectivity index (χ1) is 12.3. The van der Waals surface area contributed by atoms with Gasteiger partial charge in [-0.3, -0.25) is 10.1 Å². The van der Waals surface area contributed by atoms with Crippen LogP contribution in [-0.4, -0.2) is 26.0 Å². The first-order valence-corrected chi connectivity index (χ1v) is 8.54. The standard InChI is InChI=1S/C16H20N4O5S.H3N/c1-3-4-5-8-25-14-7-6-12(9-13(14)19(21)22)10-18-11(2)17-15(16(18)26)20(23)24;/h6-7,9,26H,3-5,8,10H2,1-2H3;1H3. The minimum Gasteiger partial charge on any atom is -0.754 e. The summed E-state index contributed by atoms with van der Waals surface area (Å²) in [5.41, 5.74) is 0.441. The topological polar surface area (TPSA) is 150 Å². The predicted molar refractivity (Wildman–Crippen MR) is 102 cm³/mol. The van der Waals surface area contributed by atoms with Gasteiger partial charge in [-0.2, -0.15) is 0 Å². The van der Waals surface area contributed by atoms with Crippen LogP contribution in [0, 0.1) is 27.2 Å². The van der Waals surface area contributed by atoms with Crippen LogP contribution < -0.4 is 10.9 Å². The van der Waals surface area contributed by atoms with E-state index in [1.165, 1.54) is 10.6 Å². The van der Waals surface area contributed by atoms with Crippen LogP contribution in [0.2, 0.25) is 0 Å². The molecule has 0 unspecified atom stereocenters. The summed E-state index contributed by atoms with van der Waals surface area (Å²) in [4.78, 5) is 25.0. The van der Waals surface area contributed by atoms with Gasteiger partial charge >= 0.3 is 11.5 Å². The lowest BCUT2D eigenvalue weighted by atomic mass is 10.2. The summed E-state index contributed by atoms with van der Waals surface area (Å²) in [5.74, 6) is 0.203. The van der Waals surface area contributed by atoms with Crippen molar-refractivity contribution in [3.8, 4) is 5.75 Å². The second kappa shape index (κ2) is 9.78. The Hall–Kier alpha value is -2.79. The molecule has 0 spiro atoms. The lowest BCUT2D eigenvalue weighted by Gasteiger charge is -2.13. The van der Waals surface area contributed by atoms with E-state index in [4.69, 9.17) is 17.4 Å². The summed E-state index contributed by atoms with van der Waals surface area (Å²) < 4.78 is 7.00. The molecule has 0 atom stereocenters. The van der Waals surface area contributed by atoms with Gasteiger partial charge in [0, 0.05) is 19.5 Å². The van der Waals surface area contributed by atoms with Crippen molar-refractivity contribution < 1.29 is 14.6 Å². The summed E-state index contributed by atoms with van der Waals surface area (Å²) in [6.07, 6.45) is 2.85. The van der Waals surface area contributed by atoms with Crippen molar-refractivity contribution in [3.63, 3.8) is 0 Å². The summed E-state index contributed by atoms with van der Waals surface area (Å²) in [5, 5.41) is 22.3. The molecule has 0 fully saturated rings. The zero-order valence-electron chi connectivity index (χ0n) is 15.5. The highest BCUT2D eigenvalue weighted by Crippen LogP contribution is 2.29. The Labute approximate surface area is 161 Å². The van der Waals surface area contributed by atoms with Crippen molar-refractivity contribution in [1.82, 2.24) is 15.7 Å². The molecule has 1 heterocycles. The van der Waals surface area contributed by atoms with Crippen LogP contribution in [-0.2, 0) is 19.2 Å². The third kappa shape index (κ3) is 5.34. The molecule has 1 aromatic carbocycles. The van der Waals surface area contributed by atoms with Crippen LogP contribution in [0.25, 0.3) is 0 Å². The van der Waals surface area contributed by atoms with E-state index in [-0.39, 0.29) is 35.0 Å². The Morgan fingerprint density at radius 3 is 2.48 bits per heavy atom. The van der Waals surface area contributed by atoms with E-state index in [1.54, 1.807) is 19.1 Å². The van der Waals surface area contributed by atoms with Gasteiger partial charge in [0.05, 0.1) is 11.5 Å². The van der Waals surface area contributed by atoms with Gasteiger partial charge in [-0.05, 0) is 33.0 Å². The molecule has 2 rings (SSSR count). The number of nitro groups is 2. The van der Waals surface area contributed by atoms with Crippen LogP contribution in [0.3, 0.4) is 0 Å². The molecule has 0 aliphatic heterocycles. The molecule has 0 aliphatic carbocycles. The number of aryl methyl sites for hydroxylation is 1. The van der Waals surface area contributed by atoms with E-state index in [1.807, 2.05) is 0 Å². The molecule has 2 aromatic rings. The third-order valence-electron chi connectivity index (χ3n) is 3.83.